The van der Waals surface area contributed by atoms with Gasteiger partial charge in [-0.1, -0.05) is 44.2 Å². The number of aromatic nitrogens is 2. The molecular weight excluding hydrogens is 305 g/mol. The van der Waals surface area contributed by atoms with Gasteiger partial charge < -0.3 is 10.1 Å². The van der Waals surface area contributed by atoms with E-state index in [9.17, 15) is 4.39 Å². The molecule has 2 aromatic carbocycles. The molecule has 0 atom stereocenters. The number of anilines is 1. The first-order chi connectivity index (χ1) is 11.7. The minimum Gasteiger partial charge on any atom is -0.489 e. The first-order valence-electron chi connectivity index (χ1n) is 7.99. The maximum atomic E-state index is 14.5. The highest BCUT2D eigenvalue weighted by atomic mass is 19.1. The van der Waals surface area contributed by atoms with Gasteiger partial charge in [-0.15, -0.1) is 0 Å². The molecule has 24 heavy (non-hydrogen) atoms. The molecule has 0 saturated carbocycles. The van der Waals surface area contributed by atoms with E-state index in [0.29, 0.717) is 34.8 Å². The van der Waals surface area contributed by atoms with Crippen molar-refractivity contribution in [3.63, 3.8) is 0 Å². The molecule has 0 amide bonds. The van der Waals surface area contributed by atoms with Gasteiger partial charge in [-0.3, -0.25) is 0 Å². The van der Waals surface area contributed by atoms with E-state index in [0.717, 1.165) is 5.56 Å². The molecule has 5 heteroatoms. The topological polar surface area (TPSA) is 47.0 Å². The van der Waals surface area contributed by atoms with Gasteiger partial charge in [0.15, 0.2) is 5.82 Å². The molecule has 3 rings (SSSR count). The number of rotatable bonds is 4. The van der Waals surface area contributed by atoms with Crippen molar-refractivity contribution < 1.29 is 9.13 Å². The molecule has 0 aliphatic rings. The zero-order valence-electron chi connectivity index (χ0n) is 14.4. The normalized spacial score (nSPS) is 10.0. The van der Waals surface area contributed by atoms with E-state index in [1.807, 2.05) is 44.2 Å². The maximum Gasteiger partial charge on any atom is 0.223 e. The second-order valence-electron chi connectivity index (χ2n) is 4.97. The summed E-state index contributed by atoms with van der Waals surface area (Å²) in [6, 6.07) is 11.5. The van der Waals surface area contributed by atoms with Crippen LogP contribution in [-0.4, -0.2) is 17.0 Å². The molecule has 1 heterocycles. The summed E-state index contributed by atoms with van der Waals surface area (Å²) in [5, 5.41) is 3.42. The quantitative estimate of drug-likeness (QED) is 0.753. The number of nitrogens with one attached hydrogen (secondary N) is 1. The summed E-state index contributed by atoms with van der Waals surface area (Å²) in [6.45, 7) is 6.08. The first-order valence-corrected chi connectivity index (χ1v) is 7.99. The van der Waals surface area contributed by atoms with Crippen LogP contribution in [0.5, 0.6) is 5.75 Å². The molecule has 0 unspecified atom stereocenters. The van der Waals surface area contributed by atoms with Crippen LogP contribution in [0.25, 0.3) is 10.9 Å². The molecule has 3 aromatic rings. The average molecular weight is 327 g/mol. The molecule has 0 spiro atoms. The predicted molar refractivity (Wildman–Crippen MR) is 95.9 cm³/mol. The summed E-state index contributed by atoms with van der Waals surface area (Å²) < 4.78 is 20.3. The van der Waals surface area contributed by atoms with Crippen LogP contribution in [0.3, 0.4) is 0 Å². The summed E-state index contributed by atoms with van der Waals surface area (Å²) in [6.07, 6.45) is 1.59. The summed E-state index contributed by atoms with van der Waals surface area (Å²) in [5.74, 6) is 0.526. The lowest BCUT2D eigenvalue weighted by molar-refractivity contribution is 0.302. The monoisotopic (exact) mass is 327 g/mol. The second kappa shape index (κ2) is 8.24. The van der Waals surface area contributed by atoms with Crippen molar-refractivity contribution >= 4 is 16.9 Å². The second-order valence-corrected chi connectivity index (χ2v) is 4.97. The lowest BCUT2D eigenvalue weighted by Crippen LogP contribution is -2.01. The Morgan fingerprint density at radius 2 is 1.88 bits per heavy atom. The van der Waals surface area contributed by atoms with Crippen LogP contribution >= 0.6 is 0 Å². The number of hydrogen-bond donors (Lipinski definition) is 1. The van der Waals surface area contributed by atoms with E-state index in [1.165, 1.54) is 0 Å². The predicted octanol–water partition coefficient (Wildman–Crippen LogP) is 4.72. The van der Waals surface area contributed by atoms with Gasteiger partial charge in [0.05, 0.1) is 0 Å². The van der Waals surface area contributed by atoms with Crippen molar-refractivity contribution in [2.45, 2.75) is 27.4 Å². The van der Waals surface area contributed by atoms with Crippen molar-refractivity contribution in [3.05, 3.63) is 59.5 Å². The zero-order chi connectivity index (χ0) is 17.5. The number of fused-ring (bicyclic) bond motifs is 1. The zero-order valence-corrected chi connectivity index (χ0v) is 14.4. The van der Waals surface area contributed by atoms with Crippen LogP contribution in [-0.2, 0) is 6.61 Å². The smallest absolute Gasteiger partial charge is 0.223 e. The molecule has 0 saturated heterocycles. The Morgan fingerprint density at radius 1 is 1.17 bits per heavy atom. The van der Waals surface area contributed by atoms with Gasteiger partial charge in [0.25, 0.3) is 0 Å². The molecule has 0 radical (unpaired) electrons. The highest BCUT2D eigenvalue weighted by Gasteiger charge is 2.13. The Balaban J connectivity index is 0.00000100. The SMILES string of the molecule is CC.CNc1ncc2cc(OCc3ccccc3)c(C)c(F)c2n1. The first kappa shape index (κ1) is 17.7. The summed E-state index contributed by atoms with van der Waals surface area (Å²) >= 11 is 0. The number of nitrogens with zero attached hydrogens (tertiary/aromatic N) is 2. The molecule has 0 aliphatic carbocycles. The fourth-order valence-corrected chi connectivity index (χ4v) is 2.21. The van der Waals surface area contributed by atoms with Gasteiger partial charge in [-0.05, 0) is 18.6 Å². The molecule has 0 bridgehead atoms. The van der Waals surface area contributed by atoms with Crippen molar-refractivity contribution in [1.82, 2.24) is 9.97 Å². The fraction of sp³-hybridized carbons (Fsp3) is 0.263. The van der Waals surface area contributed by atoms with E-state index in [-0.39, 0.29) is 5.82 Å². The van der Waals surface area contributed by atoms with Crippen molar-refractivity contribution in [2.24, 2.45) is 0 Å². The van der Waals surface area contributed by atoms with Crippen LogP contribution in [0.15, 0.2) is 42.6 Å². The van der Waals surface area contributed by atoms with Gasteiger partial charge in [0.2, 0.25) is 5.95 Å². The van der Waals surface area contributed by atoms with Crippen molar-refractivity contribution in [2.75, 3.05) is 12.4 Å². The van der Waals surface area contributed by atoms with Gasteiger partial charge in [0.1, 0.15) is 17.9 Å². The van der Waals surface area contributed by atoms with E-state index >= 15 is 0 Å². The Kier molecular flexibility index (Phi) is 6.07. The van der Waals surface area contributed by atoms with Crippen molar-refractivity contribution in [1.29, 1.82) is 0 Å². The fourth-order valence-electron chi connectivity index (χ4n) is 2.21. The average Bonchev–Trinajstić information content (AvgIpc) is 2.65. The van der Waals surface area contributed by atoms with Gasteiger partial charge in [-0.2, -0.15) is 0 Å². The standard InChI is InChI=1S/C17H16FN3O.C2H6/c1-11-14(22-10-12-6-4-3-5-7-12)8-13-9-20-17(19-2)21-16(13)15(11)18;1-2/h3-9H,10H2,1-2H3,(H,19,20,21);1-2H3. The molecular formula is C19H22FN3O. The van der Waals surface area contributed by atoms with Gasteiger partial charge >= 0.3 is 0 Å². The third-order valence-electron chi connectivity index (χ3n) is 3.47. The van der Waals surface area contributed by atoms with E-state index < -0.39 is 0 Å². The lowest BCUT2D eigenvalue weighted by atomic mass is 10.1. The Labute approximate surface area is 141 Å². The summed E-state index contributed by atoms with van der Waals surface area (Å²) in [5.41, 5.74) is 1.78. The molecule has 1 N–H and O–H groups in total. The summed E-state index contributed by atoms with van der Waals surface area (Å²) in [4.78, 5) is 8.27. The molecule has 1 aromatic heterocycles. The van der Waals surface area contributed by atoms with Gasteiger partial charge in [-0.25, -0.2) is 14.4 Å². The molecule has 126 valence electrons. The largest absolute Gasteiger partial charge is 0.489 e. The molecule has 0 aliphatic heterocycles. The maximum absolute atomic E-state index is 14.5. The summed E-state index contributed by atoms with van der Waals surface area (Å²) in [7, 11) is 1.70. The Hall–Kier alpha value is -2.69. The van der Waals surface area contributed by atoms with Crippen LogP contribution in [0.2, 0.25) is 0 Å². The third kappa shape index (κ3) is 3.79. The number of halogens is 1. The van der Waals surface area contributed by atoms with Gasteiger partial charge in [0, 0.05) is 24.2 Å². The third-order valence-corrected chi connectivity index (χ3v) is 3.47. The lowest BCUT2D eigenvalue weighted by Gasteiger charge is -2.12. The minimum absolute atomic E-state index is 0.295. The molecule has 4 nitrogen and oxygen atoms in total. The van der Waals surface area contributed by atoms with Crippen LogP contribution in [0.4, 0.5) is 10.3 Å². The highest BCUT2D eigenvalue weighted by Crippen LogP contribution is 2.29. The number of benzene rings is 2. The number of ether oxygens (including phenoxy) is 1. The number of hydrogen-bond acceptors (Lipinski definition) is 4. The van der Waals surface area contributed by atoms with E-state index in [2.05, 4.69) is 15.3 Å². The van der Waals surface area contributed by atoms with E-state index in [1.54, 1.807) is 26.2 Å². The van der Waals surface area contributed by atoms with E-state index in [4.69, 9.17) is 4.74 Å². The van der Waals surface area contributed by atoms with Crippen LogP contribution < -0.4 is 10.1 Å². The highest BCUT2D eigenvalue weighted by molar-refractivity contribution is 5.82. The minimum atomic E-state index is -0.375. The molecule has 0 fully saturated rings. The van der Waals surface area contributed by atoms with Crippen LogP contribution in [0.1, 0.15) is 25.0 Å². The van der Waals surface area contributed by atoms with Crippen molar-refractivity contribution in [3.8, 4) is 5.75 Å². The van der Waals surface area contributed by atoms with Crippen LogP contribution in [0, 0.1) is 12.7 Å². The Bertz CT molecular complexity index is 807. The Morgan fingerprint density at radius 3 is 2.54 bits per heavy atom.